The molecule has 0 radical (unpaired) electrons. The molecule has 0 aliphatic heterocycles. The van der Waals surface area contributed by atoms with Crippen LogP contribution in [0.2, 0.25) is 0 Å². The number of hydrogen-bond donors (Lipinski definition) is 1. The van der Waals surface area contributed by atoms with Gasteiger partial charge in [0, 0.05) is 19.4 Å². The number of aliphatic hydroxyl groups is 1. The van der Waals surface area contributed by atoms with Gasteiger partial charge in [-0.25, -0.2) is 0 Å². The van der Waals surface area contributed by atoms with Crippen molar-refractivity contribution in [1.29, 1.82) is 0 Å². The molecule has 0 aromatic rings. The van der Waals surface area contributed by atoms with Crippen LogP contribution in [0.4, 0.5) is 0 Å². The minimum atomic E-state index is -3.29. The Balaban J connectivity index is 0. The second kappa shape index (κ2) is 14.0. The first-order valence-corrected chi connectivity index (χ1v) is 7.19. The minimum Gasteiger partial charge on any atom is -0.502 e. The standard InChI is InChI=1S/C6H12O4S.C5H10O2/c1-3-9-5-4-6-10-11(2,7)8;1-2-7-5-3-4-6/h3H,1,4-6H2,2H3;2,6H,1,3-5H2. The number of ether oxygens (including phenoxy) is 2. The number of hydrogen-bond acceptors (Lipinski definition) is 6. The molecule has 0 spiro atoms. The molecule has 0 aliphatic rings. The molecule has 0 bridgehead atoms. The molecule has 1 N–H and O–H groups in total. The zero-order valence-corrected chi connectivity index (χ0v) is 11.5. The van der Waals surface area contributed by atoms with Gasteiger partial charge in [-0.15, -0.1) is 0 Å². The maximum Gasteiger partial charge on any atom is 0.264 e. The van der Waals surface area contributed by atoms with Gasteiger partial charge in [0.05, 0.1) is 38.6 Å². The van der Waals surface area contributed by atoms with Crippen LogP contribution in [0.1, 0.15) is 12.8 Å². The van der Waals surface area contributed by atoms with Crippen molar-refractivity contribution in [3.63, 3.8) is 0 Å². The summed E-state index contributed by atoms with van der Waals surface area (Å²) in [5.74, 6) is 0. The largest absolute Gasteiger partial charge is 0.502 e. The van der Waals surface area contributed by atoms with Crippen LogP contribution in [0.15, 0.2) is 25.7 Å². The van der Waals surface area contributed by atoms with E-state index in [0.29, 0.717) is 26.1 Å². The molecule has 0 saturated heterocycles. The summed E-state index contributed by atoms with van der Waals surface area (Å²) in [6.45, 7) is 8.00. The fourth-order valence-electron chi connectivity index (χ4n) is 0.667. The van der Waals surface area contributed by atoms with Crippen molar-refractivity contribution >= 4 is 10.1 Å². The normalized spacial score (nSPS) is 9.89. The lowest BCUT2D eigenvalue weighted by molar-refractivity contribution is 0.200. The van der Waals surface area contributed by atoms with Crippen LogP contribution in [-0.2, 0) is 23.8 Å². The second-order valence-electron chi connectivity index (χ2n) is 3.03. The Kier molecular flexibility index (Phi) is 15.0. The van der Waals surface area contributed by atoms with E-state index in [1.807, 2.05) is 0 Å². The zero-order valence-electron chi connectivity index (χ0n) is 10.7. The van der Waals surface area contributed by atoms with Crippen molar-refractivity contribution < 1.29 is 27.2 Å². The van der Waals surface area contributed by atoms with Gasteiger partial charge in [0.25, 0.3) is 10.1 Å². The van der Waals surface area contributed by atoms with E-state index >= 15 is 0 Å². The lowest BCUT2D eigenvalue weighted by Gasteiger charge is -2.00. The first-order chi connectivity index (χ1) is 8.47. The van der Waals surface area contributed by atoms with Gasteiger partial charge < -0.3 is 14.6 Å². The number of rotatable bonds is 10. The summed E-state index contributed by atoms with van der Waals surface area (Å²) in [5, 5.41) is 8.18. The van der Waals surface area contributed by atoms with Gasteiger partial charge >= 0.3 is 0 Å². The summed E-state index contributed by atoms with van der Waals surface area (Å²) < 4.78 is 34.6. The third-order valence-electron chi connectivity index (χ3n) is 1.36. The number of aliphatic hydroxyl groups excluding tert-OH is 1. The molecule has 0 fully saturated rings. The van der Waals surface area contributed by atoms with Crippen molar-refractivity contribution in [3.8, 4) is 0 Å². The Hall–Kier alpha value is -1.05. The van der Waals surface area contributed by atoms with Crippen LogP contribution in [0, 0.1) is 0 Å². The highest BCUT2D eigenvalue weighted by molar-refractivity contribution is 7.85. The van der Waals surface area contributed by atoms with Gasteiger partial charge in [0.2, 0.25) is 0 Å². The third kappa shape index (κ3) is 24.3. The van der Waals surface area contributed by atoms with Crippen LogP contribution < -0.4 is 0 Å². The van der Waals surface area contributed by atoms with Crippen LogP contribution in [0.3, 0.4) is 0 Å². The summed E-state index contributed by atoms with van der Waals surface area (Å²) in [5.41, 5.74) is 0. The van der Waals surface area contributed by atoms with E-state index in [9.17, 15) is 8.42 Å². The second-order valence-corrected chi connectivity index (χ2v) is 4.68. The third-order valence-corrected chi connectivity index (χ3v) is 1.95. The molecule has 6 nitrogen and oxygen atoms in total. The van der Waals surface area contributed by atoms with Gasteiger partial charge in [-0.1, -0.05) is 13.2 Å². The molecule has 0 saturated carbocycles. The fraction of sp³-hybridized carbons (Fsp3) is 0.636. The molecule has 0 atom stereocenters. The van der Waals surface area contributed by atoms with Crippen molar-refractivity contribution in [2.45, 2.75) is 12.8 Å². The topological polar surface area (TPSA) is 82.1 Å². The molecule has 0 amide bonds. The molecule has 0 heterocycles. The minimum absolute atomic E-state index is 0.159. The lowest BCUT2D eigenvalue weighted by Crippen LogP contribution is -2.05. The smallest absolute Gasteiger partial charge is 0.264 e. The van der Waals surface area contributed by atoms with Gasteiger partial charge in [0.1, 0.15) is 0 Å². The van der Waals surface area contributed by atoms with Crippen molar-refractivity contribution in [2.24, 2.45) is 0 Å². The summed E-state index contributed by atoms with van der Waals surface area (Å²) in [7, 11) is -3.29. The van der Waals surface area contributed by atoms with E-state index in [4.69, 9.17) is 9.84 Å². The Labute approximate surface area is 109 Å². The first kappa shape index (κ1) is 19.3. The molecule has 18 heavy (non-hydrogen) atoms. The molecule has 0 rings (SSSR count). The average molecular weight is 282 g/mol. The van der Waals surface area contributed by atoms with E-state index in [0.717, 1.165) is 6.26 Å². The molecule has 0 aromatic carbocycles. The molecular weight excluding hydrogens is 260 g/mol. The van der Waals surface area contributed by atoms with E-state index in [1.165, 1.54) is 12.5 Å². The van der Waals surface area contributed by atoms with Gasteiger partial charge in [0.15, 0.2) is 0 Å². The van der Waals surface area contributed by atoms with E-state index in [1.54, 1.807) is 0 Å². The maximum absolute atomic E-state index is 10.4. The van der Waals surface area contributed by atoms with Crippen LogP contribution in [0.5, 0.6) is 0 Å². The van der Waals surface area contributed by atoms with Crippen LogP contribution in [0.25, 0.3) is 0 Å². The Morgan fingerprint density at radius 3 is 1.94 bits per heavy atom. The summed E-state index contributed by atoms with van der Waals surface area (Å²) >= 11 is 0. The average Bonchev–Trinajstić information content (AvgIpc) is 2.29. The van der Waals surface area contributed by atoms with Gasteiger partial charge in [-0.05, 0) is 0 Å². The Bertz CT molecular complexity index is 286. The quantitative estimate of drug-likeness (QED) is 0.366. The predicted octanol–water partition coefficient (Wildman–Crippen LogP) is 1.04. The molecule has 0 unspecified atom stereocenters. The first-order valence-electron chi connectivity index (χ1n) is 5.38. The summed E-state index contributed by atoms with van der Waals surface area (Å²) in [4.78, 5) is 0. The summed E-state index contributed by atoms with van der Waals surface area (Å²) in [6.07, 6.45) is 4.92. The van der Waals surface area contributed by atoms with Crippen molar-refractivity contribution in [2.75, 3.05) is 32.7 Å². The van der Waals surface area contributed by atoms with Crippen molar-refractivity contribution in [3.05, 3.63) is 25.7 Å². The fourth-order valence-corrected chi connectivity index (χ4v) is 1.09. The highest BCUT2D eigenvalue weighted by atomic mass is 32.2. The molecular formula is C11H22O6S. The summed E-state index contributed by atoms with van der Waals surface area (Å²) in [6, 6.07) is 0. The SMILES string of the molecule is C=COCCCO.C=COCCCOS(C)(=O)=O. The monoisotopic (exact) mass is 282 g/mol. The lowest BCUT2D eigenvalue weighted by atomic mass is 10.5. The zero-order chi connectivity index (χ0) is 14.3. The molecule has 0 aliphatic carbocycles. The van der Waals surface area contributed by atoms with Gasteiger partial charge in [-0.2, -0.15) is 8.42 Å². The van der Waals surface area contributed by atoms with E-state index in [-0.39, 0.29) is 13.2 Å². The molecule has 7 heteroatoms. The van der Waals surface area contributed by atoms with E-state index < -0.39 is 10.1 Å². The maximum atomic E-state index is 10.4. The predicted molar refractivity (Wildman–Crippen MR) is 69.4 cm³/mol. The van der Waals surface area contributed by atoms with Gasteiger partial charge in [-0.3, -0.25) is 4.18 Å². The molecule has 108 valence electrons. The highest BCUT2D eigenvalue weighted by Crippen LogP contribution is 1.90. The molecule has 0 aromatic heterocycles. The Morgan fingerprint density at radius 1 is 1.06 bits per heavy atom. The Morgan fingerprint density at radius 2 is 1.56 bits per heavy atom. The van der Waals surface area contributed by atoms with Crippen LogP contribution >= 0.6 is 0 Å². The van der Waals surface area contributed by atoms with Crippen molar-refractivity contribution in [1.82, 2.24) is 0 Å². The van der Waals surface area contributed by atoms with Crippen LogP contribution in [-0.4, -0.2) is 46.2 Å². The van der Waals surface area contributed by atoms with E-state index in [2.05, 4.69) is 22.1 Å². The highest BCUT2D eigenvalue weighted by Gasteiger charge is 1.99.